The highest BCUT2D eigenvalue weighted by atomic mass is 19.2. The normalized spacial score (nSPS) is 15.8. The van der Waals surface area contributed by atoms with Gasteiger partial charge in [-0.1, -0.05) is 6.07 Å². The van der Waals surface area contributed by atoms with Crippen molar-refractivity contribution in [3.8, 4) is 11.5 Å². The molecule has 2 aromatic rings. The molecule has 2 aromatic carbocycles. The number of nitrogens with one attached hydrogen (secondary N) is 1. The third-order valence-electron chi connectivity index (χ3n) is 4.46. The van der Waals surface area contributed by atoms with Crippen molar-refractivity contribution in [2.75, 3.05) is 19.0 Å². The van der Waals surface area contributed by atoms with E-state index in [0.29, 0.717) is 19.4 Å². The van der Waals surface area contributed by atoms with Crippen LogP contribution in [0.15, 0.2) is 24.3 Å². The molecule has 3 rings (SSSR count). The minimum atomic E-state index is -2.30. The van der Waals surface area contributed by atoms with Crippen LogP contribution in [0.4, 0.5) is 32.4 Å². The lowest BCUT2D eigenvalue weighted by Gasteiger charge is -2.23. The van der Waals surface area contributed by atoms with E-state index in [4.69, 9.17) is 4.74 Å². The largest absolute Gasteiger partial charge is 0.467 e. The molecule has 1 saturated heterocycles. The molecule has 6 nitrogen and oxygen atoms in total. The fourth-order valence-electron chi connectivity index (χ4n) is 3.02. The van der Waals surface area contributed by atoms with Gasteiger partial charge in [0.15, 0.2) is 0 Å². The average molecular weight is 430 g/mol. The summed E-state index contributed by atoms with van der Waals surface area (Å²) in [6.45, 7) is 0.312. The molecule has 11 heteroatoms. The van der Waals surface area contributed by atoms with E-state index in [1.807, 2.05) is 0 Å². The van der Waals surface area contributed by atoms with Crippen molar-refractivity contribution >= 4 is 17.7 Å². The fourth-order valence-corrected chi connectivity index (χ4v) is 3.02. The molecule has 30 heavy (non-hydrogen) atoms. The van der Waals surface area contributed by atoms with E-state index in [1.165, 1.54) is 30.2 Å². The molecule has 0 radical (unpaired) electrons. The highest BCUT2D eigenvalue weighted by Crippen LogP contribution is 2.33. The molecule has 2 amide bonds. The van der Waals surface area contributed by atoms with Crippen molar-refractivity contribution in [1.82, 2.24) is 4.90 Å². The number of carbonyl (C=O) groups is 2. The van der Waals surface area contributed by atoms with E-state index < -0.39 is 52.9 Å². The van der Waals surface area contributed by atoms with Gasteiger partial charge in [-0.25, -0.2) is 22.8 Å². The smallest absolute Gasteiger partial charge is 0.328 e. The summed E-state index contributed by atoms with van der Waals surface area (Å²) >= 11 is 0. The van der Waals surface area contributed by atoms with Crippen LogP contribution in [0.2, 0.25) is 0 Å². The first kappa shape index (κ1) is 21.3. The van der Waals surface area contributed by atoms with Crippen molar-refractivity contribution in [2.24, 2.45) is 0 Å². The standard InChI is InChI=1S/C19H15F5N2O4/c1-29-18(27)11-6-3-7-26(11)19(28)25-9-4-2-5-10(8-9)30-17-15(23)13(21)12(20)14(22)16(17)24/h2,4-5,8,11H,3,6-7H2,1H3,(H,25,28)/t11-/m0/s1. The van der Waals surface area contributed by atoms with Crippen LogP contribution in [0.5, 0.6) is 11.5 Å². The number of hydrogen-bond donors (Lipinski definition) is 1. The number of benzene rings is 2. The fraction of sp³-hybridized carbons (Fsp3) is 0.263. The van der Waals surface area contributed by atoms with E-state index in [2.05, 4.69) is 10.1 Å². The maximum absolute atomic E-state index is 13.8. The van der Waals surface area contributed by atoms with Gasteiger partial charge in [0.2, 0.25) is 34.8 Å². The number of ether oxygens (including phenoxy) is 2. The number of likely N-dealkylation sites (tertiary alicyclic amines) is 1. The van der Waals surface area contributed by atoms with Gasteiger partial charge in [0.05, 0.1) is 7.11 Å². The van der Waals surface area contributed by atoms with Crippen LogP contribution in [0.1, 0.15) is 12.8 Å². The Morgan fingerprint density at radius 1 is 1.03 bits per heavy atom. The first-order chi connectivity index (χ1) is 14.2. The Hall–Kier alpha value is -3.37. The minimum absolute atomic E-state index is 0.108. The summed E-state index contributed by atoms with van der Waals surface area (Å²) in [5.41, 5.74) is 0.108. The predicted molar refractivity (Wildman–Crippen MR) is 93.5 cm³/mol. The van der Waals surface area contributed by atoms with Crippen LogP contribution in [0.3, 0.4) is 0 Å². The second-order valence-electron chi connectivity index (χ2n) is 6.33. The Bertz CT molecular complexity index is 972. The molecule has 1 fully saturated rings. The van der Waals surface area contributed by atoms with Gasteiger partial charge in [0, 0.05) is 18.3 Å². The van der Waals surface area contributed by atoms with E-state index in [0.717, 1.165) is 6.07 Å². The number of methoxy groups -OCH3 is 1. The molecule has 1 atom stereocenters. The van der Waals surface area contributed by atoms with E-state index in [-0.39, 0.29) is 11.4 Å². The van der Waals surface area contributed by atoms with Crippen molar-refractivity contribution in [2.45, 2.75) is 18.9 Å². The number of hydrogen-bond acceptors (Lipinski definition) is 4. The average Bonchev–Trinajstić information content (AvgIpc) is 3.24. The molecule has 1 aliphatic heterocycles. The van der Waals surface area contributed by atoms with Gasteiger partial charge in [0.25, 0.3) is 0 Å². The number of rotatable bonds is 4. The third-order valence-corrected chi connectivity index (χ3v) is 4.46. The van der Waals surface area contributed by atoms with Crippen LogP contribution in [0.25, 0.3) is 0 Å². The maximum Gasteiger partial charge on any atom is 0.328 e. The number of esters is 1. The highest BCUT2D eigenvalue weighted by Gasteiger charge is 2.35. The Labute approximate surface area is 167 Å². The molecule has 0 aromatic heterocycles. The van der Waals surface area contributed by atoms with Crippen LogP contribution in [0, 0.1) is 29.1 Å². The van der Waals surface area contributed by atoms with Crippen LogP contribution >= 0.6 is 0 Å². The minimum Gasteiger partial charge on any atom is -0.467 e. The van der Waals surface area contributed by atoms with Gasteiger partial charge < -0.3 is 19.7 Å². The summed E-state index contributed by atoms with van der Waals surface area (Å²) in [5.74, 6) is -13.2. The molecule has 1 N–H and O–H groups in total. The summed E-state index contributed by atoms with van der Waals surface area (Å²) in [6.07, 6.45) is 1.03. The van der Waals surface area contributed by atoms with Crippen molar-refractivity contribution in [3.05, 3.63) is 53.4 Å². The summed E-state index contributed by atoms with van der Waals surface area (Å²) in [4.78, 5) is 25.5. The lowest BCUT2D eigenvalue weighted by molar-refractivity contribution is -0.144. The van der Waals surface area contributed by atoms with Crippen molar-refractivity contribution in [1.29, 1.82) is 0 Å². The summed E-state index contributed by atoms with van der Waals surface area (Å²) in [7, 11) is 1.21. The molecule has 0 spiro atoms. The van der Waals surface area contributed by atoms with E-state index >= 15 is 0 Å². The SMILES string of the molecule is COC(=O)[C@@H]1CCCN1C(=O)Nc1cccc(Oc2c(F)c(F)c(F)c(F)c2F)c1. The molecule has 0 saturated carbocycles. The van der Waals surface area contributed by atoms with Gasteiger partial charge >= 0.3 is 12.0 Å². The maximum atomic E-state index is 13.8. The quantitative estimate of drug-likeness (QED) is 0.339. The first-order valence-electron chi connectivity index (χ1n) is 8.69. The molecule has 0 unspecified atom stereocenters. The first-order valence-corrected chi connectivity index (χ1v) is 8.69. The second kappa shape index (κ2) is 8.56. The number of amides is 2. The summed E-state index contributed by atoms with van der Waals surface area (Å²) < 4.78 is 76.9. The molecule has 1 heterocycles. The van der Waals surface area contributed by atoms with Gasteiger partial charge in [-0.2, -0.15) is 8.78 Å². The lowest BCUT2D eigenvalue weighted by atomic mass is 10.2. The molecule has 160 valence electrons. The molecule has 0 bridgehead atoms. The van der Waals surface area contributed by atoms with E-state index in [9.17, 15) is 31.5 Å². The van der Waals surface area contributed by atoms with Gasteiger partial charge in [-0.15, -0.1) is 0 Å². The van der Waals surface area contributed by atoms with Crippen LogP contribution in [-0.2, 0) is 9.53 Å². The predicted octanol–water partition coefficient (Wildman–Crippen LogP) is 4.34. The monoisotopic (exact) mass is 430 g/mol. The Kier molecular flexibility index (Phi) is 6.09. The van der Waals surface area contributed by atoms with Gasteiger partial charge in [-0.05, 0) is 25.0 Å². The van der Waals surface area contributed by atoms with Gasteiger partial charge in [0.1, 0.15) is 11.8 Å². The zero-order chi connectivity index (χ0) is 22.0. The summed E-state index contributed by atoms with van der Waals surface area (Å²) in [5, 5.41) is 2.48. The number of halogens is 5. The lowest BCUT2D eigenvalue weighted by Crippen LogP contribution is -2.43. The van der Waals surface area contributed by atoms with Crippen molar-refractivity contribution in [3.63, 3.8) is 0 Å². The second-order valence-corrected chi connectivity index (χ2v) is 6.33. The molecular formula is C19H15F5N2O4. The van der Waals surface area contributed by atoms with Crippen molar-refractivity contribution < 1.29 is 41.0 Å². The number of anilines is 1. The molecular weight excluding hydrogens is 415 g/mol. The van der Waals surface area contributed by atoms with Crippen LogP contribution < -0.4 is 10.1 Å². The number of carbonyl (C=O) groups excluding carboxylic acids is 2. The topological polar surface area (TPSA) is 67.9 Å². The molecule has 0 aliphatic carbocycles. The summed E-state index contributed by atoms with van der Waals surface area (Å²) in [6, 6.07) is 3.68. The molecule has 1 aliphatic rings. The third kappa shape index (κ3) is 4.00. The zero-order valence-electron chi connectivity index (χ0n) is 15.5. The highest BCUT2D eigenvalue weighted by molar-refractivity contribution is 5.93. The zero-order valence-corrected chi connectivity index (χ0v) is 15.5. The van der Waals surface area contributed by atoms with Crippen LogP contribution in [-0.4, -0.2) is 36.6 Å². The Morgan fingerprint density at radius 3 is 2.30 bits per heavy atom. The number of nitrogens with zero attached hydrogens (tertiary/aromatic N) is 1. The van der Waals surface area contributed by atoms with Gasteiger partial charge in [-0.3, -0.25) is 0 Å². The Morgan fingerprint density at radius 2 is 1.67 bits per heavy atom. The number of urea groups is 1. The Balaban J connectivity index is 1.79. The van der Waals surface area contributed by atoms with E-state index in [1.54, 1.807) is 0 Å².